The average molecular weight is 300 g/mol. The van der Waals surface area contributed by atoms with E-state index in [0.29, 0.717) is 18.2 Å². The molecule has 116 valence electrons. The molecule has 6 nitrogen and oxygen atoms in total. The molecule has 0 aliphatic heterocycles. The van der Waals surface area contributed by atoms with Gasteiger partial charge in [0, 0.05) is 5.69 Å². The first kappa shape index (κ1) is 15.8. The van der Waals surface area contributed by atoms with Crippen molar-refractivity contribution in [1.82, 2.24) is 14.6 Å². The van der Waals surface area contributed by atoms with Crippen LogP contribution in [-0.2, 0) is 4.79 Å². The summed E-state index contributed by atoms with van der Waals surface area (Å²) in [6.45, 7) is 8.11. The molecule has 6 heteroatoms. The van der Waals surface area contributed by atoms with Gasteiger partial charge in [-0.2, -0.15) is 14.6 Å². The van der Waals surface area contributed by atoms with E-state index in [1.54, 1.807) is 4.52 Å². The molecule has 1 N–H and O–H groups in total. The first-order valence-corrected chi connectivity index (χ1v) is 7.09. The summed E-state index contributed by atoms with van der Waals surface area (Å²) in [6, 6.07) is 7.64. The molecule has 0 bridgehead atoms. The van der Waals surface area contributed by atoms with Crippen LogP contribution in [0.25, 0.3) is 5.84 Å². The summed E-state index contributed by atoms with van der Waals surface area (Å²) >= 11 is 0. The van der Waals surface area contributed by atoms with Crippen molar-refractivity contribution in [1.29, 1.82) is 0 Å². The van der Waals surface area contributed by atoms with Crippen LogP contribution in [0.4, 0.5) is 5.69 Å². The van der Waals surface area contributed by atoms with Crippen molar-refractivity contribution in [2.75, 3.05) is 5.32 Å². The third kappa shape index (κ3) is 3.33. The normalized spacial score (nSPS) is 10.4. The Balaban J connectivity index is 0.000000164. The van der Waals surface area contributed by atoms with Gasteiger partial charge in [-0.05, 0) is 31.4 Å². The molecule has 0 saturated carbocycles. The number of para-hydroxylation sites is 1. The number of hydrogen-bond acceptors (Lipinski definition) is 4. The van der Waals surface area contributed by atoms with Crippen molar-refractivity contribution in [2.45, 2.75) is 33.6 Å². The minimum absolute atomic E-state index is 0.410. The lowest BCUT2D eigenvalue weighted by Gasteiger charge is -2.00. The molecule has 0 atom stereocenters. The van der Waals surface area contributed by atoms with Crippen LogP contribution in [0.5, 0.6) is 0 Å². The number of aromatic nitrogens is 3. The SMILES string of the molecule is Cc1ccccc1NC=O.Cc1oc2ncnn2c1C(C)C. The summed E-state index contributed by atoms with van der Waals surface area (Å²) in [4.78, 5) is 14.0. The molecule has 0 spiro atoms. The van der Waals surface area contributed by atoms with E-state index >= 15 is 0 Å². The van der Waals surface area contributed by atoms with Crippen molar-refractivity contribution < 1.29 is 9.21 Å². The number of benzene rings is 1. The van der Waals surface area contributed by atoms with Crippen molar-refractivity contribution in [3.63, 3.8) is 0 Å². The maximum atomic E-state index is 10.0. The van der Waals surface area contributed by atoms with E-state index in [4.69, 9.17) is 4.42 Å². The summed E-state index contributed by atoms with van der Waals surface area (Å²) in [5, 5.41) is 6.67. The van der Waals surface area contributed by atoms with E-state index in [9.17, 15) is 4.79 Å². The van der Waals surface area contributed by atoms with Crippen LogP contribution >= 0.6 is 0 Å². The van der Waals surface area contributed by atoms with Gasteiger partial charge < -0.3 is 9.73 Å². The summed E-state index contributed by atoms with van der Waals surface area (Å²) in [5.41, 5.74) is 3.05. The summed E-state index contributed by atoms with van der Waals surface area (Å²) in [6.07, 6.45) is 2.19. The predicted molar refractivity (Wildman–Crippen MR) is 84.9 cm³/mol. The first-order valence-electron chi connectivity index (χ1n) is 7.09. The second-order valence-electron chi connectivity index (χ2n) is 5.23. The van der Waals surface area contributed by atoms with E-state index in [1.165, 1.54) is 6.33 Å². The molecule has 2 aromatic heterocycles. The summed E-state index contributed by atoms with van der Waals surface area (Å²) < 4.78 is 7.14. The highest BCUT2D eigenvalue weighted by Gasteiger charge is 2.14. The zero-order valence-corrected chi connectivity index (χ0v) is 13.2. The van der Waals surface area contributed by atoms with Crippen LogP contribution in [0.1, 0.15) is 36.8 Å². The van der Waals surface area contributed by atoms with E-state index in [2.05, 4.69) is 29.2 Å². The second kappa shape index (κ2) is 6.89. The molecule has 1 aromatic carbocycles. The highest BCUT2D eigenvalue weighted by molar-refractivity contribution is 5.72. The van der Waals surface area contributed by atoms with Crippen LogP contribution in [0.3, 0.4) is 0 Å². The van der Waals surface area contributed by atoms with Crippen LogP contribution < -0.4 is 5.32 Å². The maximum absolute atomic E-state index is 10.0. The fourth-order valence-electron chi connectivity index (χ4n) is 2.25. The molecular weight excluding hydrogens is 280 g/mol. The van der Waals surface area contributed by atoms with Gasteiger partial charge in [-0.1, -0.05) is 32.0 Å². The van der Waals surface area contributed by atoms with Crippen LogP contribution in [0.2, 0.25) is 0 Å². The van der Waals surface area contributed by atoms with Gasteiger partial charge in [0.1, 0.15) is 12.1 Å². The third-order valence-corrected chi connectivity index (χ3v) is 3.26. The number of nitrogens with zero attached hydrogens (tertiary/aromatic N) is 3. The molecule has 0 aliphatic carbocycles. The Labute approximate surface area is 129 Å². The van der Waals surface area contributed by atoms with Gasteiger partial charge in [-0.25, -0.2) is 0 Å². The monoisotopic (exact) mass is 300 g/mol. The van der Waals surface area contributed by atoms with Crippen LogP contribution in [0.15, 0.2) is 35.0 Å². The highest BCUT2D eigenvalue weighted by atomic mass is 16.4. The lowest BCUT2D eigenvalue weighted by Crippen LogP contribution is -1.96. The fourth-order valence-corrected chi connectivity index (χ4v) is 2.25. The van der Waals surface area contributed by atoms with Crippen LogP contribution in [-0.4, -0.2) is 21.0 Å². The largest absolute Gasteiger partial charge is 0.427 e. The Bertz CT molecular complexity index is 758. The van der Waals surface area contributed by atoms with Crippen molar-refractivity contribution in [3.8, 4) is 0 Å². The summed E-state index contributed by atoms with van der Waals surface area (Å²) in [7, 11) is 0. The fraction of sp³-hybridized carbons (Fsp3) is 0.312. The van der Waals surface area contributed by atoms with Crippen molar-refractivity contribution >= 4 is 17.9 Å². The Morgan fingerprint density at radius 3 is 2.64 bits per heavy atom. The number of nitrogens with one attached hydrogen (secondary N) is 1. The molecule has 0 radical (unpaired) electrons. The van der Waals surface area contributed by atoms with Gasteiger partial charge in [0.05, 0.1) is 5.69 Å². The first-order chi connectivity index (χ1) is 10.5. The topological polar surface area (TPSA) is 72.4 Å². The van der Waals surface area contributed by atoms with Gasteiger partial charge in [0.25, 0.3) is 0 Å². The lowest BCUT2D eigenvalue weighted by atomic mass is 10.1. The highest BCUT2D eigenvalue weighted by Crippen LogP contribution is 2.21. The average Bonchev–Trinajstić information content (AvgIpc) is 3.01. The Hall–Kier alpha value is -2.63. The number of aryl methyl sites for hydroxylation is 2. The van der Waals surface area contributed by atoms with E-state index in [1.807, 2.05) is 38.1 Å². The zero-order chi connectivity index (χ0) is 16.1. The quantitative estimate of drug-likeness (QED) is 0.753. The Morgan fingerprint density at radius 2 is 2.00 bits per heavy atom. The second-order valence-corrected chi connectivity index (χ2v) is 5.23. The molecule has 22 heavy (non-hydrogen) atoms. The third-order valence-electron chi connectivity index (χ3n) is 3.26. The smallest absolute Gasteiger partial charge is 0.324 e. The zero-order valence-electron chi connectivity index (χ0n) is 13.2. The van der Waals surface area contributed by atoms with Crippen molar-refractivity contribution in [2.24, 2.45) is 0 Å². The molecule has 0 saturated heterocycles. The van der Waals surface area contributed by atoms with Gasteiger partial charge in [-0.3, -0.25) is 4.79 Å². The van der Waals surface area contributed by atoms with Crippen molar-refractivity contribution in [3.05, 3.63) is 47.6 Å². The number of amides is 1. The molecular formula is C16H20N4O2. The lowest BCUT2D eigenvalue weighted by molar-refractivity contribution is -0.105. The molecule has 3 rings (SSSR count). The predicted octanol–water partition coefficient (Wildman–Crippen LogP) is 3.32. The van der Waals surface area contributed by atoms with E-state index < -0.39 is 0 Å². The number of rotatable bonds is 3. The standard InChI is InChI=1S/C8H11N3O.C8H9NO/c1-5(2)7-6(3)12-8-9-4-10-11(7)8;1-7-4-2-3-5-8(7)9-6-10/h4-5H,1-3H3;2-6H,1H3,(H,9,10). The maximum Gasteiger partial charge on any atom is 0.324 e. The molecule has 2 heterocycles. The molecule has 0 unspecified atom stereocenters. The van der Waals surface area contributed by atoms with E-state index in [0.717, 1.165) is 22.7 Å². The molecule has 3 aromatic rings. The van der Waals surface area contributed by atoms with Gasteiger partial charge >= 0.3 is 5.84 Å². The number of fused-ring (bicyclic) bond motifs is 1. The number of carbonyl (C=O) groups excluding carboxylic acids is 1. The Kier molecular flexibility index (Phi) is 4.93. The Morgan fingerprint density at radius 1 is 1.27 bits per heavy atom. The van der Waals surface area contributed by atoms with Crippen LogP contribution in [0, 0.1) is 13.8 Å². The van der Waals surface area contributed by atoms with Gasteiger partial charge in [-0.15, -0.1) is 0 Å². The number of hydrogen-bond donors (Lipinski definition) is 1. The number of anilines is 1. The summed E-state index contributed by atoms with van der Waals surface area (Å²) in [5.74, 6) is 1.89. The molecule has 0 fully saturated rings. The molecule has 0 aliphatic rings. The number of oxazole rings is 1. The van der Waals surface area contributed by atoms with Gasteiger partial charge in [0.15, 0.2) is 0 Å². The minimum atomic E-state index is 0.410. The van der Waals surface area contributed by atoms with Gasteiger partial charge in [0.2, 0.25) is 6.41 Å². The van der Waals surface area contributed by atoms with E-state index in [-0.39, 0.29) is 0 Å². The molecule has 1 amide bonds. The number of carbonyl (C=O) groups is 1. The minimum Gasteiger partial charge on any atom is -0.427 e.